The Morgan fingerprint density at radius 2 is 2.00 bits per heavy atom. The second-order valence-corrected chi connectivity index (χ2v) is 5.65. The van der Waals surface area contributed by atoms with Crippen LogP contribution in [0.15, 0.2) is 72.0 Å². The molecular formula is C19H21N5. The van der Waals surface area contributed by atoms with Crippen LogP contribution in [0.1, 0.15) is 17.0 Å². The first kappa shape index (κ1) is 15.8. The van der Waals surface area contributed by atoms with Gasteiger partial charge in [-0.2, -0.15) is 0 Å². The summed E-state index contributed by atoms with van der Waals surface area (Å²) in [6, 6.07) is 18.3. The summed E-state index contributed by atoms with van der Waals surface area (Å²) in [5.74, 6) is 1.27. The van der Waals surface area contributed by atoms with Gasteiger partial charge in [-0.3, -0.25) is 0 Å². The van der Waals surface area contributed by atoms with Crippen molar-refractivity contribution in [1.82, 2.24) is 9.55 Å². The number of hydrogen-bond donors (Lipinski definition) is 2. The van der Waals surface area contributed by atoms with Crippen molar-refractivity contribution in [2.75, 3.05) is 5.32 Å². The van der Waals surface area contributed by atoms with Gasteiger partial charge in [-0.1, -0.05) is 42.5 Å². The van der Waals surface area contributed by atoms with Crippen LogP contribution in [0.4, 0.5) is 5.69 Å². The summed E-state index contributed by atoms with van der Waals surface area (Å²) in [6.07, 6.45) is 3.75. The second kappa shape index (κ2) is 7.46. The quantitative estimate of drug-likeness (QED) is 0.560. The van der Waals surface area contributed by atoms with Gasteiger partial charge in [-0.15, -0.1) is 0 Å². The average molecular weight is 319 g/mol. The molecule has 0 spiro atoms. The van der Waals surface area contributed by atoms with Crippen LogP contribution in [0.3, 0.4) is 0 Å². The lowest BCUT2D eigenvalue weighted by Gasteiger charge is -2.08. The highest BCUT2D eigenvalue weighted by atomic mass is 15.1. The topological polar surface area (TPSA) is 68.2 Å². The molecule has 0 atom stereocenters. The minimum absolute atomic E-state index is 0.384. The Balaban J connectivity index is 1.65. The molecule has 0 radical (unpaired) electrons. The van der Waals surface area contributed by atoms with Crippen molar-refractivity contribution in [2.45, 2.75) is 20.0 Å². The minimum Gasteiger partial charge on any atom is -0.370 e. The summed E-state index contributed by atoms with van der Waals surface area (Å²) in [6.45, 7) is 3.25. The van der Waals surface area contributed by atoms with E-state index >= 15 is 0 Å². The molecule has 0 saturated heterocycles. The van der Waals surface area contributed by atoms with Crippen LogP contribution in [0.5, 0.6) is 0 Å². The van der Waals surface area contributed by atoms with Gasteiger partial charge < -0.3 is 15.6 Å². The van der Waals surface area contributed by atoms with Crippen molar-refractivity contribution >= 4 is 11.6 Å². The van der Waals surface area contributed by atoms with Gasteiger partial charge >= 0.3 is 0 Å². The van der Waals surface area contributed by atoms with Gasteiger partial charge in [0.1, 0.15) is 12.4 Å². The van der Waals surface area contributed by atoms with E-state index in [1.165, 1.54) is 11.1 Å². The molecule has 3 rings (SSSR count). The standard InChI is InChI=1S/C19H21N5/c1-15-6-5-9-17(12-15)23-19(20)22-13-18-21-10-11-24(18)14-16-7-3-2-4-8-16/h2-12H,13-14H2,1H3,(H3,20,22,23). The summed E-state index contributed by atoms with van der Waals surface area (Å²) in [5.41, 5.74) is 9.31. The molecule has 5 nitrogen and oxygen atoms in total. The fourth-order valence-corrected chi connectivity index (χ4v) is 2.48. The highest BCUT2D eigenvalue weighted by molar-refractivity contribution is 5.92. The van der Waals surface area contributed by atoms with Gasteiger partial charge in [0.15, 0.2) is 5.96 Å². The van der Waals surface area contributed by atoms with E-state index < -0.39 is 0 Å². The molecule has 5 heteroatoms. The van der Waals surface area contributed by atoms with Crippen molar-refractivity contribution in [1.29, 1.82) is 0 Å². The molecular weight excluding hydrogens is 298 g/mol. The smallest absolute Gasteiger partial charge is 0.193 e. The normalized spacial score (nSPS) is 11.5. The van der Waals surface area contributed by atoms with Crippen molar-refractivity contribution < 1.29 is 0 Å². The van der Waals surface area contributed by atoms with Crippen LogP contribution in [0.25, 0.3) is 0 Å². The highest BCUT2D eigenvalue weighted by Crippen LogP contribution is 2.10. The summed E-state index contributed by atoms with van der Waals surface area (Å²) < 4.78 is 2.08. The Morgan fingerprint density at radius 1 is 1.17 bits per heavy atom. The molecule has 0 aliphatic heterocycles. The molecule has 0 unspecified atom stereocenters. The Morgan fingerprint density at radius 3 is 2.79 bits per heavy atom. The number of nitrogens with two attached hydrogens (primary N) is 1. The number of aromatic nitrogens is 2. The fourth-order valence-electron chi connectivity index (χ4n) is 2.48. The Labute approximate surface area is 141 Å². The van der Waals surface area contributed by atoms with Crippen molar-refractivity contribution in [2.24, 2.45) is 10.7 Å². The maximum Gasteiger partial charge on any atom is 0.193 e. The number of imidazole rings is 1. The van der Waals surface area contributed by atoms with E-state index in [2.05, 4.69) is 32.0 Å². The lowest BCUT2D eigenvalue weighted by Crippen LogP contribution is -2.23. The zero-order chi connectivity index (χ0) is 16.8. The molecule has 1 aromatic heterocycles. The molecule has 0 saturated carbocycles. The summed E-state index contributed by atoms with van der Waals surface area (Å²) in [5, 5.41) is 3.11. The van der Waals surface area contributed by atoms with Gasteiger partial charge in [0.25, 0.3) is 0 Å². The first-order valence-corrected chi connectivity index (χ1v) is 7.88. The molecule has 2 aromatic carbocycles. The first-order chi connectivity index (χ1) is 11.7. The highest BCUT2D eigenvalue weighted by Gasteiger charge is 2.03. The Hall–Kier alpha value is -3.08. The molecule has 3 aromatic rings. The third kappa shape index (κ3) is 4.23. The molecule has 0 fully saturated rings. The summed E-state index contributed by atoms with van der Waals surface area (Å²) >= 11 is 0. The van der Waals surface area contributed by atoms with Gasteiger partial charge in [-0.05, 0) is 30.2 Å². The van der Waals surface area contributed by atoms with Crippen molar-refractivity contribution in [3.8, 4) is 0 Å². The van der Waals surface area contributed by atoms with E-state index in [4.69, 9.17) is 5.73 Å². The summed E-state index contributed by atoms with van der Waals surface area (Å²) in [4.78, 5) is 8.77. The fraction of sp³-hybridized carbons (Fsp3) is 0.158. The number of guanidine groups is 1. The average Bonchev–Trinajstić information content (AvgIpc) is 3.01. The Kier molecular flexibility index (Phi) is 4.91. The lowest BCUT2D eigenvalue weighted by molar-refractivity contribution is 0.724. The monoisotopic (exact) mass is 319 g/mol. The van der Waals surface area contributed by atoms with Crippen molar-refractivity contribution in [3.63, 3.8) is 0 Å². The molecule has 0 amide bonds. The summed E-state index contributed by atoms with van der Waals surface area (Å²) in [7, 11) is 0. The number of nitrogens with zero attached hydrogens (tertiary/aromatic N) is 3. The predicted molar refractivity (Wildman–Crippen MR) is 97.9 cm³/mol. The maximum atomic E-state index is 5.98. The molecule has 1 heterocycles. The lowest BCUT2D eigenvalue weighted by atomic mass is 10.2. The molecule has 0 aliphatic rings. The number of rotatable bonds is 5. The number of anilines is 1. The van der Waals surface area contributed by atoms with Gasteiger partial charge in [0.05, 0.1) is 0 Å². The molecule has 122 valence electrons. The maximum absolute atomic E-state index is 5.98. The van der Waals surface area contributed by atoms with Gasteiger partial charge in [0.2, 0.25) is 0 Å². The molecule has 24 heavy (non-hydrogen) atoms. The molecule has 0 bridgehead atoms. The van der Waals surface area contributed by atoms with E-state index in [-0.39, 0.29) is 0 Å². The van der Waals surface area contributed by atoms with E-state index in [1.807, 2.05) is 55.6 Å². The van der Waals surface area contributed by atoms with Gasteiger partial charge in [-0.25, -0.2) is 9.98 Å². The minimum atomic E-state index is 0.384. The van der Waals surface area contributed by atoms with Crippen molar-refractivity contribution in [3.05, 3.63) is 83.9 Å². The van der Waals surface area contributed by atoms with E-state index in [0.717, 1.165) is 18.1 Å². The first-order valence-electron chi connectivity index (χ1n) is 7.88. The van der Waals surface area contributed by atoms with Gasteiger partial charge in [0, 0.05) is 24.6 Å². The van der Waals surface area contributed by atoms with Crippen LogP contribution in [0, 0.1) is 6.92 Å². The zero-order valence-electron chi connectivity index (χ0n) is 13.7. The number of aliphatic imine (C=N–C) groups is 1. The van der Waals surface area contributed by atoms with Crippen LogP contribution in [0.2, 0.25) is 0 Å². The third-order valence-corrected chi connectivity index (χ3v) is 3.68. The third-order valence-electron chi connectivity index (χ3n) is 3.68. The Bertz CT molecular complexity index is 821. The van der Waals surface area contributed by atoms with Crippen LogP contribution >= 0.6 is 0 Å². The molecule has 3 N–H and O–H groups in total. The number of hydrogen-bond acceptors (Lipinski definition) is 2. The zero-order valence-corrected chi connectivity index (χ0v) is 13.7. The SMILES string of the molecule is Cc1cccc(NC(N)=NCc2nccn2Cc2ccccc2)c1. The molecule has 0 aliphatic carbocycles. The van der Waals surface area contributed by atoms with E-state index in [1.54, 1.807) is 6.20 Å². The van der Waals surface area contributed by atoms with Crippen LogP contribution < -0.4 is 11.1 Å². The van der Waals surface area contributed by atoms with Crippen LogP contribution in [-0.2, 0) is 13.1 Å². The predicted octanol–water partition coefficient (Wildman–Crippen LogP) is 3.17. The second-order valence-electron chi connectivity index (χ2n) is 5.65. The van der Waals surface area contributed by atoms with E-state index in [9.17, 15) is 0 Å². The largest absolute Gasteiger partial charge is 0.370 e. The van der Waals surface area contributed by atoms with Crippen LogP contribution in [-0.4, -0.2) is 15.5 Å². The number of benzene rings is 2. The number of nitrogens with one attached hydrogen (secondary N) is 1. The number of aryl methyl sites for hydroxylation is 1. The van der Waals surface area contributed by atoms with E-state index in [0.29, 0.717) is 12.5 Å².